The molecule has 0 amide bonds. The van der Waals surface area contributed by atoms with Crippen LogP contribution in [0.1, 0.15) is 18.0 Å². The Bertz CT molecular complexity index is 395. The second-order valence-corrected chi connectivity index (χ2v) is 3.13. The number of hydrogen-bond donors (Lipinski definition) is 1. The van der Waals surface area contributed by atoms with Gasteiger partial charge in [0, 0.05) is 4.91 Å². The zero-order valence-corrected chi connectivity index (χ0v) is 8.02. The predicted molar refractivity (Wildman–Crippen MR) is 50.7 cm³/mol. The lowest BCUT2D eigenvalue weighted by atomic mass is 10.0. The highest BCUT2D eigenvalue weighted by molar-refractivity contribution is 5.28. The highest BCUT2D eigenvalue weighted by atomic mass is 19.4. The van der Waals surface area contributed by atoms with Crippen LogP contribution in [0.5, 0.6) is 5.75 Å². The standard InChI is InChI=1S/C9H8F3N3O/c10-9(11,12)5-8(14-15-13)6-1-3-7(16)4-2-6/h1-4,8,16H,5H2. The van der Waals surface area contributed by atoms with Crippen LogP contribution in [0.3, 0.4) is 0 Å². The van der Waals surface area contributed by atoms with Crippen molar-refractivity contribution in [1.29, 1.82) is 0 Å². The Hall–Kier alpha value is -1.88. The lowest BCUT2D eigenvalue weighted by molar-refractivity contribution is -0.138. The van der Waals surface area contributed by atoms with Crippen LogP contribution < -0.4 is 0 Å². The van der Waals surface area contributed by atoms with Crippen LogP contribution in [0.25, 0.3) is 10.4 Å². The van der Waals surface area contributed by atoms with Crippen LogP contribution in [0.15, 0.2) is 29.4 Å². The molecule has 0 spiro atoms. The van der Waals surface area contributed by atoms with Gasteiger partial charge in [-0.1, -0.05) is 17.2 Å². The zero-order valence-electron chi connectivity index (χ0n) is 8.02. The maximum absolute atomic E-state index is 12.2. The molecule has 0 radical (unpaired) electrons. The van der Waals surface area contributed by atoms with Crippen LogP contribution >= 0.6 is 0 Å². The molecular formula is C9H8F3N3O. The smallest absolute Gasteiger partial charge is 0.389 e. The Balaban J connectivity index is 2.94. The molecule has 1 atom stereocenters. The van der Waals surface area contributed by atoms with Gasteiger partial charge in [-0.25, -0.2) is 0 Å². The van der Waals surface area contributed by atoms with Gasteiger partial charge in [0.2, 0.25) is 0 Å². The second-order valence-electron chi connectivity index (χ2n) is 3.13. The molecule has 1 rings (SSSR count). The van der Waals surface area contributed by atoms with E-state index in [-0.39, 0.29) is 11.3 Å². The summed E-state index contributed by atoms with van der Waals surface area (Å²) >= 11 is 0. The van der Waals surface area contributed by atoms with Gasteiger partial charge in [-0.15, -0.1) is 0 Å². The molecule has 0 saturated carbocycles. The number of halogens is 3. The van der Waals surface area contributed by atoms with Gasteiger partial charge in [-0.2, -0.15) is 13.2 Å². The predicted octanol–water partition coefficient (Wildman–Crippen LogP) is 3.70. The summed E-state index contributed by atoms with van der Waals surface area (Å²) in [5.74, 6) is -0.0598. The molecule has 86 valence electrons. The molecule has 4 nitrogen and oxygen atoms in total. The van der Waals surface area contributed by atoms with Crippen LogP contribution in [0, 0.1) is 0 Å². The van der Waals surface area contributed by atoms with Crippen molar-refractivity contribution in [2.45, 2.75) is 18.6 Å². The normalized spacial score (nSPS) is 12.9. The minimum absolute atomic E-state index is 0.0598. The first-order valence-electron chi connectivity index (χ1n) is 4.32. The lowest BCUT2D eigenvalue weighted by Gasteiger charge is -2.13. The third kappa shape index (κ3) is 3.70. The van der Waals surface area contributed by atoms with E-state index in [0.29, 0.717) is 0 Å². The van der Waals surface area contributed by atoms with Crippen molar-refractivity contribution in [3.8, 4) is 5.75 Å². The minimum atomic E-state index is -4.41. The SMILES string of the molecule is [N-]=[N+]=NC(CC(F)(F)F)c1ccc(O)cc1. The minimum Gasteiger partial charge on any atom is -0.508 e. The number of aromatic hydroxyl groups is 1. The summed E-state index contributed by atoms with van der Waals surface area (Å²) in [5, 5.41) is 12.1. The Labute approximate surface area is 89.0 Å². The van der Waals surface area contributed by atoms with E-state index in [2.05, 4.69) is 10.0 Å². The van der Waals surface area contributed by atoms with Crippen molar-refractivity contribution in [2.24, 2.45) is 5.11 Å². The monoisotopic (exact) mass is 231 g/mol. The van der Waals surface area contributed by atoms with Gasteiger partial charge in [0.25, 0.3) is 0 Å². The van der Waals surface area contributed by atoms with E-state index >= 15 is 0 Å². The fourth-order valence-corrected chi connectivity index (χ4v) is 1.20. The number of hydrogen-bond acceptors (Lipinski definition) is 2. The number of alkyl halides is 3. The van der Waals surface area contributed by atoms with Gasteiger partial charge in [0.1, 0.15) is 5.75 Å². The number of phenolic OH excluding ortho intramolecular Hbond substituents is 1. The van der Waals surface area contributed by atoms with Crippen molar-refractivity contribution in [3.63, 3.8) is 0 Å². The molecule has 0 aliphatic rings. The molecule has 0 fully saturated rings. The van der Waals surface area contributed by atoms with E-state index in [1.165, 1.54) is 24.3 Å². The number of nitrogens with zero attached hydrogens (tertiary/aromatic N) is 3. The first-order chi connectivity index (χ1) is 7.42. The van der Waals surface area contributed by atoms with E-state index < -0.39 is 18.6 Å². The second kappa shape index (κ2) is 4.76. The van der Waals surface area contributed by atoms with Crippen LogP contribution in [-0.4, -0.2) is 11.3 Å². The van der Waals surface area contributed by atoms with Crippen LogP contribution in [0.4, 0.5) is 13.2 Å². The maximum Gasteiger partial charge on any atom is 0.389 e. The Morgan fingerprint density at radius 2 is 1.88 bits per heavy atom. The van der Waals surface area contributed by atoms with Crippen LogP contribution in [0.2, 0.25) is 0 Å². The topological polar surface area (TPSA) is 69.0 Å². The van der Waals surface area contributed by atoms with Crippen molar-refractivity contribution in [3.05, 3.63) is 40.3 Å². The fourth-order valence-electron chi connectivity index (χ4n) is 1.20. The van der Waals surface area contributed by atoms with E-state index in [1.54, 1.807) is 0 Å². The van der Waals surface area contributed by atoms with E-state index in [1.807, 2.05) is 0 Å². The summed E-state index contributed by atoms with van der Waals surface area (Å²) < 4.78 is 36.5. The first-order valence-corrected chi connectivity index (χ1v) is 4.32. The molecule has 0 aromatic heterocycles. The molecule has 0 heterocycles. The lowest BCUT2D eigenvalue weighted by Crippen LogP contribution is -2.12. The number of phenols is 1. The molecule has 0 aliphatic heterocycles. The quantitative estimate of drug-likeness (QED) is 0.481. The zero-order chi connectivity index (χ0) is 12.2. The number of benzene rings is 1. The van der Waals surface area contributed by atoms with E-state index in [9.17, 15) is 13.2 Å². The molecular weight excluding hydrogens is 223 g/mol. The highest BCUT2D eigenvalue weighted by Gasteiger charge is 2.32. The molecule has 1 aromatic rings. The fraction of sp³-hybridized carbons (Fsp3) is 0.333. The summed E-state index contributed by atoms with van der Waals surface area (Å²) in [6, 6.07) is 3.77. The molecule has 0 bridgehead atoms. The number of rotatable bonds is 3. The van der Waals surface area contributed by atoms with Crippen molar-refractivity contribution >= 4 is 0 Å². The molecule has 16 heavy (non-hydrogen) atoms. The average Bonchev–Trinajstić information content (AvgIpc) is 2.16. The van der Waals surface area contributed by atoms with E-state index in [4.69, 9.17) is 10.6 Å². The number of azide groups is 1. The van der Waals surface area contributed by atoms with Gasteiger partial charge >= 0.3 is 6.18 Å². The summed E-state index contributed by atoms with van der Waals surface area (Å²) in [7, 11) is 0. The maximum atomic E-state index is 12.2. The summed E-state index contributed by atoms with van der Waals surface area (Å²) in [6.45, 7) is 0. The van der Waals surface area contributed by atoms with Crippen molar-refractivity contribution in [1.82, 2.24) is 0 Å². The Kier molecular flexibility index (Phi) is 3.63. The van der Waals surface area contributed by atoms with Gasteiger partial charge in [-0.05, 0) is 23.2 Å². The highest BCUT2D eigenvalue weighted by Crippen LogP contribution is 2.32. The van der Waals surface area contributed by atoms with Gasteiger partial charge in [0.05, 0.1) is 12.5 Å². The van der Waals surface area contributed by atoms with E-state index in [0.717, 1.165) is 0 Å². The molecule has 1 unspecified atom stereocenters. The summed E-state index contributed by atoms with van der Waals surface area (Å²) in [5.41, 5.74) is 8.41. The molecule has 7 heteroatoms. The molecule has 1 N–H and O–H groups in total. The Morgan fingerprint density at radius 3 is 2.31 bits per heavy atom. The summed E-state index contributed by atoms with van der Waals surface area (Å²) in [6.07, 6.45) is -5.63. The summed E-state index contributed by atoms with van der Waals surface area (Å²) in [4.78, 5) is 2.38. The van der Waals surface area contributed by atoms with Gasteiger partial charge < -0.3 is 5.11 Å². The molecule has 0 saturated heterocycles. The molecule has 0 aliphatic carbocycles. The van der Waals surface area contributed by atoms with Gasteiger partial charge in [-0.3, -0.25) is 0 Å². The third-order valence-electron chi connectivity index (χ3n) is 1.89. The van der Waals surface area contributed by atoms with Crippen molar-refractivity contribution in [2.75, 3.05) is 0 Å². The van der Waals surface area contributed by atoms with Crippen molar-refractivity contribution < 1.29 is 18.3 Å². The van der Waals surface area contributed by atoms with Crippen LogP contribution in [-0.2, 0) is 0 Å². The first kappa shape index (κ1) is 12.2. The third-order valence-corrected chi connectivity index (χ3v) is 1.89. The molecule has 1 aromatic carbocycles. The largest absolute Gasteiger partial charge is 0.508 e. The average molecular weight is 231 g/mol. The Morgan fingerprint density at radius 1 is 1.31 bits per heavy atom. The van der Waals surface area contributed by atoms with Gasteiger partial charge in [0.15, 0.2) is 0 Å².